The number of para-hydroxylation sites is 1. The van der Waals surface area contributed by atoms with Crippen molar-refractivity contribution >= 4 is 29.1 Å². The maximum Gasteiger partial charge on any atom is 0.223 e. The summed E-state index contributed by atoms with van der Waals surface area (Å²) < 4.78 is 0. The van der Waals surface area contributed by atoms with Crippen molar-refractivity contribution in [3.05, 3.63) is 63.6 Å². The number of rotatable bonds is 9. The lowest BCUT2D eigenvalue weighted by molar-refractivity contribution is -0.131. The Hall–Kier alpha value is -1.75. The first kappa shape index (κ1) is 21.5. The normalized spacial score (nSPS) is 11.0. The molecule has 0 radical (unpaired) electrons. The number of carbonyl (C=O) groups excluding carboxylic acids is 1. The van der Waals surface area contributed by atoms with E-state index in [0.29, 0.717) is 36.0 Å². The van der Waals surface area contributed by atoms with Crippen molar-refractivity contribution in [3.8, 4) is 5.75 Å². The van der Waals surface area contributed by atoms with E-state index in [1.54, 1.807) is 24.3 Å². The number of aryl methyl sites for hydroxylation is 1. The Balaban J connectivity index is 2.04. The number of phenolic OH excluding ortho intramolecular Hbond substituents is 1. The third-order valence-corrected chi connectivity index (χ3v) is 5.08. The van der Waals surface area contributed by atoms with Gasteiger partial charge in [-0.1, -0.05) is 47.5 Å². The Morgan fingerprint density at radius 3 is 2.44 bits per heavy atom. The third-order valence-electron chi connectivity index (χ3n) is 4.34. The van der Waals surface area contributed by atoms with E-state index in [0.717, 1.165) is 24.1 Å². The summed E-state index contributed by atoms with van der Waals surface area (Å²) in [5.41, 5.74) is 1.73. The van der Waals surface area contributed by atoms with Gasteiger partial charge in [-0.3, -0.25) is 4.79 Å². The number of nitrogens with zero attached hydrogens (tertiary/aromatic N) is 2. The SMILES string of the molecule is CN(C)CCCN(Cc1ccc(Cl)c(Cl)c1)C(=O)CCc1ccccc1O. The van der Waals surface area contributed by atoms with Crippen molar-refractivity contribution < 1.29 is 9.90 Å². The number of phenols is 1. The fraction of sp³-hybridized carbons (Fsp3) is 0.381. The van der Waals surface area contributed by atoms with Crippen LogP contribution in [0.15, 0.2) is 42.5 Å². The molecular weight excluding hydrogens is 383 g/mol. The number of halogens is 2. The summed E-state index contributed by atoms with van der Waals surface area (Å²) in [7, 11) is 4.03. The molecule has 0 saturated carbocycles. The van der Waals surface area contributed by atoms with Gasteiger partial charge in [-0.05, 0) is 62.8 Å². The van der Waals surface area contributed by atoms with Crippen molar-refractivity contribution in [2.45, 2.75) is 25.8 Å². The molecule has 0 spiro atoms. The minimum Gasteiger partial charge on any atom is -0.508 e. The molecule has 146 valence electrons. The molecule has 2 rings (SSSR count). The highest BCUT2D eigenvalue weighted by Crippen LogP contribution is 2.24. The van der Waals surface area contributed by atoms with Gasteiger partial charge in [0.15, 0.2) is 0 Å². The number of carbonyl (C=O) groups is 1. The Bertz CT molecular complexity index is 766. The van der Waals surface area contributed by atoms with E-state index in [9.17, 15) is 9.90 Å². The quantitative estimate of drug-likeness (QED) is 0.658. The summed E-state index contributed by atoms with van der Waals surface area (Å²) in [6.07, 6.45) is 1.74. The van der Waals surface area contributed by atoms with Gasteiger partial charge >= 0.3 is 0 Å². The first-order chi connectivity index (χ1) is 12.9. The second-order valence-electron chi connectivity index (χ2n) is 6.85. The average molecular weight is 409 g/mol. The summed E-state index contributed by atoms with van der Waals surface area (Å²) in [6, 6.07) is 12.6. The van der Waals surface area contributed by atoms with Gasteiger partial charge in [0.1, 0.15) is 5.75 Å². The van der Waals surface area contributed by atoms with Gasteiger partial charge < -0.3 is 14.9 Å². The topological polar surface area (TPSA) is 43.8 Å². The molecule has 0 atom stereocenters. The van der Waals surface area contributed by atoms with Crippen molar-refractivity contribution in [2.75, 3.05) is 27.2 Å². The van der Waals surface area contributed by atoms with Crippen molar-refractivity contribution in [1.29, 1.82) is 0 Å². The van der Waals surface area contributed by atoms with E-state index in [4.69, 9.17) is 23.2 Å². The summed E-state index contributed by atoms with van der Waals surface area (Å²) in [6.45, 7) is 2.06. The maximum atomic E-state index is 12.8. The van der Waals surface area contributed by atoms with E-state index < -0.39 is 0 Å². The Morgan fingerprint density at radius 1 is 1.04 bits per heavy atom. The molecule has 2 aromatic carbocycles. The number of aromatic hydroxyl groups is 1. The molecule has 1 amide bonds. The molecule has 1 N–H and O–H groups in total. The molecule has 0 unspecified atom stereocenters. The molecule has 2 aromatic rings. The van der Waals surface area contributed by atoms with Gasteiger partial charge in [0.25, 0.3) is 0 Å². The second-order valence-corrected chi connectivity index (χ2v) is 7.66. The van der Waals surface area contributed by atoms with Gasteiger partial charge in [-0.25, -0.2) is 0 Å². The minimum atomic E-state index is 0.0584. The number of amides is 1. The second kappa shape index (κ2) is 10.5. The van der Waals surface area contributed by atoms with Crippen LogP contribution in [0.2, 0.25) is 10.0 Å². The molecule has 0 saturated heterocycles. The van der Waals surface area contributed by atoms with E-state index in [1.807, 2.05) is 37.2 Å². The molecule has 0 aliphatic heterocycles. The zero-order valence-corrected chi connectivity index (χ0v) is 17.3. The molecule has 27 heavy (non-hydrogen) atoms. The van der Waals surface area contributed by atoms with Crippen molar-refractivity contribution in [3.63, 3.8) is 0 Å². The van der Waals surface area contributed by atoms with Crippen LogP contribution in [0.5, 0.6) is 5.75 Å². The van der Waals surface area contributed by atoms with Gasteiger partial charge in [-0.2, -0.15) is 0 Å². The fourth-order valence-corrected chi connectivity index (χ4v) is 3.17. The number of benzene rings is 2. The Labute approximate surface area is 171 Å². The summed E-state index contributed by atoms with van der Waals surface area (Å²) in [5, 5.41) is 10.9. The summed E-state index contributed by atoms with van der Waals surface area (Å²) >= 11 is 12.1. The predicted molar refractivity (Wildman–Crippen MR) is 111 cm³/mol. The summed E-state index contributed by atoms with van der Waals surface area (Å²) in [4.78, 5) is 16.8. The first-order valence-electron chi connectivity index (χ1n) is 9.00. The van der Waals surface area contributed by atoms with Crippen LogP contribution in [0.25, 0.3) is 0 Å². The van der Waals surface area contributed by atoms with Crippen LogP contribution in [-0.2, 0) is 17.8 Å². The van der Waals surface area contributed by atoms with Gasteiger partial charge in [-0.15, -0.1) is 0 Å². The highest BCUT2D eigenvalue weighted by molar-refractivity contribution is 6.42. The standard InChI is InChI=1S/C21H26Cl2N2O2/c1-24(2)12-5-13-25(15-16-8-10-18(22)19(23)14-16)21(27)11-9-17-6-3-4-7-20(17)26/h3-4,6-8,10,14,26H,5,9,11-13,15H2,1-2H3. The smallest absolute Gasteiger partial charge is 0.223 e. The molecular formula is C21H26Cl2N2O2. The van der Waals surface area contributed by atoms with E-state index in [2.05, 4.69) is 4.90 Å². The van der Waals surface area contributed by atoms with Gasteiger partial charge in [0.05, 0.1) is 10.0 Å². The van der Waals surface area contributed by atoms with Crippen molar-refractivity contribution in [2.24, 2.45) is 0 Å². The monoisotopic (exact) mass is 408 g/mol. The number of hydrogen-bond acceptors (Lipinski definition) is 3. The van der Waals surface area contributed by atoms with Crippen LogP contribution >= 0.6 is 23.2 Å². The maximum absolute atomic E-state index is 12.8. The largest absolute Gasteiger partial charge is 0.508 e. The zero-order chi connectivity index (χ0) is 19.8. The Kier molecular flexibility index (Phi) is 8.42. The minimum absolute atomic E-state index is 0.0584. The van der Waals surface area contributed by atoms with Crippen molar-refractivity contribution in [1.82, 2.24) is 9.80 Å². The lowest BCUT2D eigenvalue weighted by atomic mass is 10.1. The molecule has 6 heteroatoms. The molecule has 4 nitrogen and oxygen atoms in total. The van der Waals surface area contributed by atoms with Crippen LogP contribution in [0.4, 0.5) is 0 Å². The average Bonchev–Trinajstić information content (AvgIpc) is 2.62. The van der Waals surface area contributed by atoms with Gasteiger partial charge in [0.2, 0.25) is 5.91 Å². The fourth-order valence-electron chi connectivity index (χ4n) is 2.85. The lowest BCUT2D eigenvalue weighted by Gasteiger charge is -2.24. The number of hydrogen-bond donors (Lipinski definition) is 1. The van der Waals surface area contributed by atoms with E-state index in [1.165, 1.54) is 0 Å². The van der Waals surface area contributed by atoms with Crippen LogP contribution in [-0.4, -0.2) is 48.0 Å². The third kappa shape index (κ3) is 7.06. The van der Waals surface area contributed by atoms with Gasteiger partial charge in [0, 0.05) is 19.5 Å². The first-order valence-corrected chi connectivity index (χ1v) is 9.75. The zero-order valence-electron chi connectivity index (χ0n) is 15.8. The van der Waals surface area contributed by atoms with Crippen LogP contribution in [0, 0.1) is 0 Å². The predicted octanol–water partition coefficient (Wildman–Crippen LogP) is 4.61. The molecule has 0 aromatic heterocycles. The van der Waals surface area contributed by atoms with Crippen LogP contribution < -0.4 is 0 Å². The van der Waals surface area contributed by atoms with E-state index in [-0.39, 0.29) is 11.7 Å². The summed E-state index contributed by atoms with van der Waals surface area (Å²) in [5.74, 6) is 0.289. The molecule has 0 fully saturated rings. The van der Waals surface area contributed by atoms with E-state index >= 15 is 0 Å². The lowest BCUT2D eigenvalue weighted by Crippen LogP contribution is -2.33. The van der Waals surface area contributed by atoms with Crippen LogP contribution in [0.3, 0.4) is 0 Å². The molecule has 0 bridgehead atoms. The molecule has 0 aliphatic rings. The molecule has 0 aliphatic carbocycles. The Morgan fingerprint density at radius 2 is 1.78 bits per heavy atom. The highest BCUT2D eigenvalue weighted by Gasteiger charge is 2.15. The van der Waals surface area contributed by atoms with Crippen LogP contribution in [0.1, 0.15) is 24.0 Å². The highest BCUT2D eigenvalue weighted by atomic mass is 35.5. The molecule has 0 heterocycles.